The van der Waals surface area contributed by atoms with Crippen LogP contribution in [0, 0.1) is 5.92 Å². The Kier molecular flexibility index (Phi) is 10.8. The molecule has 0 saturated heterocycles. The molecule has 44 heavy (non-hydrogen) atoms. The molecule has 238 valence electrons. The Morgan fingerprint density at radius 3 is 1.98 bits per heavy atom. The first-order chi connectivity index (χ1) is 20.8. The molecule has 0 N–H and O–H groups in total. The van der Waals surface area contributed by atoms with Gasteiger partial charge in [0.2, 0.25) is 0 Å². The topological polar surface area (TPSA) is 63.7 Å². The summed E-state index contributed by atoms with van der Waals surface area (Å²) in [5, 5.41) is 0.822. The van der Waals surface area contributed by atoms with Gasteiger partial charge in [-0.3, -0.25) is 14.5 Å². The third-order valence-corrected chi connectivity index (χ3v) is 17.9. The van der Waals surface area contributed by atoms with Crippen molar-refractivity contribution >= 4 is 25.7 Å². The molecule has 0 bridgehead atoms. The van der Waals surface area contributed by atoms with E-state index in [4.69, 9.17) is 4.74 Å². The van der Waals surface area contributed by atoms with E-state index in [-0.39, 0.29) is 41.8 Å². The van der Waals surface area contributed by atoms with E-state index in [9.17, 15) is 14.4 Å². The highest BCUT2D eigenvalue weighted by atomic mass is 28.3. The number of hydrogen-bond donors (Lipinski definition) is 0. The van der Waals surface area contributed by atoms with Crippen LogP contribution in [0.1, 0.15) is 110 Å². The lowest BCUT2D eigenvalue weighted by atomic mass is 9.66. The number of carbonyl (C=O) groups is 3. The van der Waals surface area contributed by atoms with Crippen molar-refractivity contribution in [2.45, 2.75) is 128 Å². The van der Waals surface area contributed by atoms with Crippen LogP contribution in [0.3, 0.4) is 0 Å². The van der Waals surface area contributed by atoms with Crippen LogP contribution in [0.2, 0.25) is 16.6 Å². The van der Waals surface area contributed by atoms with Crippen molar-refractivity contribution in [1.29, 1.82) is 0 Å². The number of amides is 1. The molecule has 1 fully saturated rings. The van der Waals surface area contributed by atoms with E-state index in [2.05, 4.69) is 79.7 Å². The molecule has 2 aliphatic rings. The summed E-state index contributed by atoms with van der Waals surface area (Å²) >= 11 is 0. The highest BCUT2D eigenvalue weighted by Crippen LogP contribution is 2.49. The quantitative estimate of drug-likeness (QED) is 0.197. The second-order valence-electron chi connectivity index (χ2n) is 14.5. The fourth-order valence-electron chi connectivity index (χ4n) is 8.69. The van der Waals surface area contributed by atoms with Gasteiger partial charge in [-0.1, -0.05) is 122 Å². The maximum atomic E-state index is 14.3. The van der Waals surface area contributed by atoms with Crippen LogP contribution in [0.25, 0.3) is 0 Å². The Hall–Kier alpha value is -2.99. The molecule has 1 amide bonds. The average molecular weight is 616 g/mol. The summed E-state index contributed by atoms with van der Waals surface area (Å²) in [5.41, 5.74) is 2.60. The van der Waals surface area contributed by atoms with Crippen LogP contribution in [-0.2, 0) is 14.9 Å². The second-order valence-corrected chi connectivity index (χ2v) is 20.4. The predicted octanol–water partition coefficient (Wildman–Crippen LogP) is 9.68. The standard InChI is InChI=1S/C38H53NO4Si/c1-26(2)44(27(3)4,28(5)6)36-25-39(31(24-34(36)41)23-33(40)29-17-11-9-12-18-29)37(42)43-35-22-16-15-21-32(35)38(7,8)30-19-13-10-14-20-30/h9-14,17-20,25-28,31-32,35H,15-16,21-24H2,1-8H3/t31-,32+,35+/m1/s1. The number of rotatable bonds is 10. The number of hydrogen-bond acceptors (Lipinski definition) is 4. The van der Waals surface area contributed by atoms with Crippen LogP contribution in [0.5, 0.6) is 0 Å². The summed E-state index contributed by atoms with van der Waals surface area (Å²) in [6.07, 6.45) is 5.31. The van der Waals surface area contributed by atoms with Gasteiger partial charge in [0, 0.05) is 30.5 Å². The normalized spacial score (nSPS) is 21.5. The molecule has 1 aliphatic carbocycles. The Balaban J connectivity index is 1.72. The maximum Gasteiger partial charge on any atom is 0.414 e. The number of ketones is 2. The number of ether oxygens (including phenoxy) is 1. The highest BCUT2D eigenvalue weighted by Gasteiger charge is 2.51. The minimum atomic E-state index is -2.37. The predicted molar refractivity (Wildman–Crippen MR) is 181 cm³/mol. The van der Waals surface area contributed by atoms with Crippen molar-refractivity contribution in [3.05, 3.63) is 83.2 Å². The zero-order valence-electron chi connectivity index (χ0n) is 28.1. The molecule has 0 radical (unpaired) electrons. The largest absolute Gasteiger partial charge is 0.446 e. The summed E-state index contributed by atoms with van der Waals surface area (Å²) < 4.78 is 6.48. The number of carbonyl (C=O) groups excluding carboxylic acids is 3. The lowest BCUT2D eigenvalue weighted by Gasteiger charge is -2.47. The fourth-order valence-corrected chi connectivity index (χ4v) is 15.5. The molecule has 2 aromatic carbocycles. The monoisotopic (exact) mass is 615 g/mol. The minimum Gasteiger partial charge on any atom is -0.446 e. The van der Waals surface area contributed by atoms with Gasteiger partial charge < -0.3 is 4.74 Å². The van der Waals surface area contributed by atoms with Gasteiger partial charge in [0.05, 0.1) is 6.04 Å². The lowest BCUT2D eigenvalue weighted by Crippen LogP contribution is -2.54. The first-order valence-electron chi connectivity index (χ1n) is 16.7. The van der Waals surface area contributed by atoms with E-state index < -0.39 is 20.2 Å². The summed E-state index contributed by atoms with van der Waals surface area (Å²) in [7, 11) is -2.37. The minimum absolute atomic E-state index is 0.0705. The van der Waals surface area contributed by atoms with Gasteiger partial charge in [0.25, 0.3) is 0 Å². The zero-order chi connectivity index (χ0) is 32.2. The molecule has 0 unspecified atom stereocenters. The SMILES string of the molecule is CC(C)[Si](C1=CN(C(=O)O[C@H]2CCCC[C@@H]2C(C)(C)c2ccccc2)[C@H](CC(=O)c2ccccc2)CC1=O)(C(C)C)C(C)C. The van der Waals surface area contributed by atoms with Crippen molar-refractivity contribution in [3.8, 4) is 0 Å². The molecular weight excluding hydrogens is 563 g/mol. The zero-order valence-corrected chi connectivity index (χ0v) is 29.1. The number of allylic oxidation sites excluding steroid dienone is 1. The van der Waals surface area contributed by atoms with Crippen molar-refractivity contribution in [2.24, 2.45) is 5.92 Å². The Labute approximate surface area is 266 Å². The fraction of sp³-hybridized carbons (Fsp3) is 0.553. The number of Topliss-reactive ketones (excluding diaryl/α,β-unsaturated/α-hetero) is 2. The van der Waals surface area contributed by atoms with Crippen molar-refractivity contribution in [2.75, 3.05) is 0 Å². The molecule has 1 saturated carbocycles. The van der Waals surface area contributed by atoms with E-state index >= 15 is 0 Å². The molecule has 6 heteroatoms. The average Bonchev–Trinajstić information content (AvgIpc) is 2.99. The molecule has 1 heterocycles. The van der Waals surface area contributed by atoms with E-state index in [0.29, 0.717) is 22.2 Å². The third kappa shape index (κ3) is 6.66. The van der Waals surface area contributed by atoms with Gasteiger partial charge in [0.15, 0.2) is 11.6 Å². The highest BCUT2D eigenvalue weighted by molar-refractivity contribution is 6.93. The Bertz CT molecular complexity index is 1310. The lowest BCUT2D eigenvalue weighted by molar-refractivity contribution is -0.116. The number of benzene rings is 2. The van der Waals surface area contributed by atoms with Gasteiger partial charge in [-0.25, -0.2) is 4.79 Å². The molecule has 1 aliphatic heterocycles. The summed E-state index contributed by atoms with van der Waals surface area (Å²) in [6, 6.07) is 19.1. The van der Waals surface area contributed by atoms with Gasteiger partial charge in [-0.05, 0) is 52.1 Å². The molecule has 3 atom stereocenters. The smallest absolute Gasteiger partial charge is 0.414 e. The van der Waals surface area contributed by atoms with Crippen LogP contribution < -0.4 is 0 Å². The Morgan fingerprint density at radius 1 is 0.864 bits per heavy atom. The number of nitrogens with zero attached hydrogens (tertiary/aromatic N) is 1. The van der Waals surface area contributed by atoms with Crippen molar-refractivity contribution in [1.82, 2.24) is 4.90 Å². The van der Waals surface area contributed by atoms with Gasteiger partial charge in [-0.2, -0.15) is 0 Å². The first-order valence-corrected chi connectivity index (χ1v) is 18.9. The summed E-state index contributed by atoms with van der Waals surface area (Å²) in [6.45, 7) is 17.9. The van der Waals surface area contributed by atoms with Gasteiger partial charge in [0.1, 0.15) is 14.2 Å². The van der Waals surface area contributed by atoms with E-state index in [0.717, 1.165) is 30.9 Å². The van der Waals surface area contributed by atoms with Gasteiger partial charge in [-0.15, -0.1) is 0 Å². The second kappa shape index (κ2) is 14.0. The van der Waals surface area contributed by atoms with E-state index in [1.807, 2.05) is 30.5 Å². The van der Waals surface area contributed by atoms with Crippen LogP contribution in [0.15, 0.2) is 72.1 Å². The van der Waals surface area contributed by atoms with Crippen LogP contribution in [-0.4, -0.2) is 42.8 Å². The van der Waals surface area contributed by atoms with Crippen LogP contribution >= 0.6 is 0 Å². The molecule has 5 nitrogen and oxygen atoms in total. The molecule has 0 aromatic heterocycles. The summed E-state index contributed by atoms with van der Waals surface area (Å²) in [4.78, 5) is 43.5. The Morgan fingerprint density at radius 2 is 1.41 bits per heavy atom. The summed E-state index contributed by atoms with van der Waals surface area (Å²) in [5.74, 6) is 0.180. The molecular formula is C38H53NO4Si. The first kappa shape index (κ1) is 33.9. The molecule has 4 rings (SSSR count). The van der Waals surface area contributed by atoms with Crippen molar-refractivity contribution in [3.63, 3.8) is 0 Å². The van der Waals surface area contributed by atoms with Crippen molar-refractivity contribution < 1.29 is 19.1 Å². The van der Waals surface area contributed by atoms with Gasteiger partial charge >= 0.3 is 6.09 Å². The third-order valence-electron chi connectivity index (χ3n) is 10.8. The molecule has 0 spiro atoms. The molecule has 2 aromatic rings. The van der Waals surface area contributed by atoms with Crippen LogP contribution in [0.4, 0.5) is 4.79 Å². The van der Waals surface area contributed by atoms with E-state index in [1.54, 1.807) is 17.0 Å². The van der Waals surface area contributed by atoms with E-state index in [1.165, 1.54) is 5.56 Å². The maximum absolute atomic E-state index is 14.3.